The van der Waals surface area contributed by atoms with Crippen LogP contribution in [0, 0.1) is 0 Å². The Labute approximate surface area is 126 Å². The van der Waals surface area contributed by atoms with Gasteiger partial charge in [-0.3, -0.25) is 4.79 Å². The van der Waals surface area contributed by atoms with Gasteiger partial charge in [0.15, 0.2) is 0 Å². The maximum Gasteiger partial charge on any atom is 0.240 e. The molecule has 102 valence electrons. The number of carbonyl (C=O) groups is 1. The van der Waals surface area contributed by atoms with Crippen molar-refractivity contribution in [3.05, 3.63) is 57.2 Å². The summed E-state index contributed by atoms with van der Waals surface area (Å²) in [6.45, 7) is 1.55. The molecule has 1 aromatic heterocycles. The highest BCUT2D eigenvalue weighted by Gasteiger charge is 2.31. The summed E-state index contributed by atoms with van der Waals surface area (Å²) >= 11 is 7.56. The molecule has 1 aliphatic heterocycles. The van der Waals surface area contributed by atoms with Gasteiger partial charge in [-0.25, -0.2) is 5.01 Å². The van der Waals surface area contributed by atoms with E-state index in [1.165, 1.54) is 0 Å². The van der Waals surface area contributed by atoms with Crippen LogP contribution in [0.25, 0.3) is 0 Å². The smallest absolute Gasteiger partial charge is 0.240 e. The third kappa shape index (κ3) is 2.49. The summed E-state index contributed by atoms with van der Waals surface area (Å²) in [6, 6.07) is 11.6. The van der Waals surface area contributed by atoms with Crippen molar-refractivity contribution in [3.63, 3.8) is 0 Å². The Morgan fingerprint density at radius 3 is 2.70 bits per heavy atom. The minimum absolute atomic E-state index is 0.0399. The molecule has 20 heavy (non-hydrogen) atoms. The van der Waals surface area contributed by atoms with Gasteiger partial charge in [-0.05, 0) is 29.1 Å². The fourth-order valence-electron chi connectivity index (χ4n) is 2.34. The monoisotopic (exact) mass is 304 g/mol. The van der Waals surface area contributed by atoms with Gasteiger partial charge in [0.2, 0.25) is 5.91 Å². The molecule has 0 unspecified atom stereocenters. The summed E-state index contributed by atoms with van der Waals surface area (Å²) in [4.78, 5) is 12.9. The topological polar surface area (TPSA) is 32.7 Å². The van der Waals surface area contributed by atoms with Crippen molar-refractivity contribution in [2.24, 2.45) is 5.10 Å². The van der Waals surface area contributed by atoms with Gasteiger partial charge in [-0.1, -0.05) is 29.8 Å². The second-order valence-electron chi connectivity index (χ2n) is 4.66. The fraction of sp³-hybridized carbons (Fsp3) is 0.200. The van der Waals surface area contributed by atoms with Crippen LogP contribution in [0.4, 0.5) is 0 Å². The molecule has 0 bridgehead atoms. The maximum atomic E-state index is 11.8. The van der Waals surface area contributed by atoms with Gasteiger partial charge >= 0.3 is 0 Å². The van der Waals surface area contributed by atoms with Crippen molar-refractivity contribution < 1.29 is 4.79 Å². The zero-order chi connectivity index (χ0) is 14.1. The van der Waals surface area contributed by atoms with E-state index in [1.54, 1.807) is 23.3 Å². The van der Waals surface area contributed by atoms with E-state index in [4.69, 9.17) is 11.6 Å². The zero-order valence-corrected chi connectivity index (χ0v) is 12.5. The highest BCUT2D eigenvalue weighted by molar-refractivity contribution is 7.12. The summed E-state index contributed by atoms with van der Waals surface area (Å²) in [5.74, 6) is -0.0449. The first kappa shape index (κ1) is 13.3. The van der Waals surface area contributed by atoms with Crippen LogP contribution in [0.3, 0.4) is 0 Å². The molecule has 2 heterocycles. The van der Waals surface area contributed by atoms with Gasteiger partial charge in [0.1, 0.15) is 0 Å². The zero-order valence-electron chi connectivity index (χ0n) is 10.9. The number of hydrogen-bond donors (Lipinski definition) is 0. The van der Waals surface area contributed by atoms with Crippen LogP contribution < -0.4 is 0 Å². The maximum absolute atomic E-state index is 11.8. The predicted molar refractivity (Wildman–Crippen MR) is 82.2 cm³/mol. The standard InChI is InChI=1S/C15H13ClN2OS/c1-10(19)18-14(11-4-6-12(16)7-5-11)9-13(17-18)15-3-2-8-20-15/h2-8,14H,9H2,1H3/t14-/m0/s1. The molecule has 0 fully saturated rings. The van der Waals surface area contributed by atoms with E-state index < -0.39 is 0 Å². The largest absolute Gasteiger partial charge is 0.273 e. The molecular weight excluding hydrogens is 292 g/mol. The van der Waals surface area contributed by atoms with E-state index in [-0.39, 0.29) is 11.9 Å². The summed E-state index contributed by atoms with van der Waals surface area (Å²) in [7, 11) is 0. The van der Waals surface area contributed by atoms with Crippen molar-refractivity contribution >= 4 is 34.6 Å². The number of amides is 1. The molecule has 3 nitrogen and oxygen atoms in total. The number of benzene rings is 1. The van der Waals surface area contributed by atoms with Crippen LogP contribution in [0.1, 0.15) is 29.8 Å². The number of carbonyl (C=O) groups excluding carboxylic acids is 1. The SMILES string of the molecule is CC(=O)N1N=C(c2cccs2)C[C@H]1c1ccc(Cl)cc1. The number of nitrogens with zero attached hydrogens (tertiary/aromatic N) is 2. The van der Waals surface area contributed by atoms with Crippen molar-refractivity contribution in [3.8, 4) is 0 Å². The Balaban J connectivity index is 1.93. The molecule has 0 aliphatic carbocycles. The molecule has 3 rings (SSSR count). The van der Waals surface area contributed by atoms with E-state index >= 15 is 0 Å². The Kier molecular flexibility index (Phi) is 3.59. The van der Waals surface area contributed by atoms with E-state index in [1.807, 2.05) is 41.8 Å². The van der Waals surface area contributed by atoms with Crippen molar-refractivity contribution in [2.75, 3.05) is 0 Å². The van der Waals surface area contributed by atoms with Crippen LogP contribution in [0.5, 0.6) is 0 Å². The second kappa shape index (κ2) is 5.38. The van der Waals surface area contributed by atoms with Gasteiger partial charge < -0.3 is 0 Å². The third-order valence-corrected chi connectivity index (χ3v) is 4.46. The first-order valence-electron chi connectivity index (χ1n) is 6.32. The second-order valence-corrected chi connectivity index (χ2v) is 6.04. The van der Waals surface area contributed by atoms with Crippen molar-refractivity contribution in [2.45, 2.75) is 19.4 Å². The summed E-state index contributed by atoms with van der Waals surface area (Å²) in [5.41, 5.74) is 2.02. The normalized spacial score (nSPS) is 18.2. The number of hydrazone groups is 1. The summed E-state index contributed by atoms with van der Waals surface area (Å²) in [5, 5.41) is 8.77. The lowest BCUT2D eigenvalue weighted by molar-refractivity contribution is -0.130. The van der Waals surface area contributed by atoms with Crippen molar-refractivity contribution in [1.82, 2.24) is 5.01 Å². The van der Waals surface area contributed by atoms with E-state index in [9.17, 15) is 4.79 Å². The van der Waals surface area contributed by atoms with Crippen LogP contribution in [-0.4, -0.2) is 16.6 Å². The Hall–Kier alpha value is -1.65. The summed E-state index contributed by atoms with van der Waals surface area (Å²) < 4.78 is 0. The lowest BCUT2D eigenvalue weighted by Gasteiger charge is -2.20. The molecule has 0 saturated carbocycles. The lowest BCUT2D eigenvalue weighted by atomic mass is 10.0. The number of thiophene rings is 1. The number of rotatable bonds is 2. The molecule has 0 spiro atoms. The number of halogens is 1. The fourth-order valence-corrected chi connectivity index (χ4v) is 3.18. The van der Waals surface area contributed by atoms with Crippen LogP contribution in [-0.2, 0) is 4.79 Å². The van der Waals surface area contributed by atoms with Gasteiger partial charge in [0, 0.05) is 18.4 Å². The first-order valence-corrected chi connectivity index (χ1v) is 7.57. The molecule has 0 radical (unpaired) electrons. The average molecular weight is 305 g/mol. The quantitative estimate of drug-likeness (QED) is 0.822. The van der Waals surface area contributed by atoms with Gasteiger partial charge in [0.25, 0.3) is 0 Å². The highest BCUT2D eigenvalue weighted by Crippen LogP contribution is 2.34. The molecule has 1 aliphatic rings. The minimum Gasteiger partial charge on any atom is -0.273 e. The average Bonchev–Trinajstić information content (AvgIpc) is 3.08. The van der Waals surface area contributed by atoms with Crippen LogP contribution in [0.15, 0.2) is 46.9 Å². The molecule has 0 N–H and O–H groups in total. The van der Waals surface area contributed by atoms with E-state index in [0.717, 1.165) is 22.6 Å². The van der Waals surface area contributed by atoms with E-state index in [2.05, 4.69) is 5.10 Å². The predicted octanol–water partition coefficient (Wildman–Crippen LogP) is 4.10. The Bertz CT molecular complexity index is 649. The molecular formula is C15H13ClN2OS. The highest BCUT2D eigenvalue weighted by atomic mass is 35.5. The first-order chi connectivity index (χ1) is 9.65. The van der Waals surface area contributed by atoms with Crippen molar-refractivity contribution in [1.29, 1.82) is 0 Å². The minimum atomic E-state index is -0.0449. The van der Waals surface area contributed by atoms with Crippen LogP contribution >= 0.6 is 22.9 Å². The van der Waals surface area contributed by atoms with Crippen LogP contribution in [0.2, 0.25) is 5.02 Å². The number of hydrogen-bond acceptors (Lipinski definition) is 3. The third-order valence-electron chi connectivity index (χ3n) is 3.29. The Morgan fingerprint density at radius 1 is 1.35 bits per heavy atom. The van der Waals surface area contributed by atoms with Gasteiger partial charge in [-0.2, -0.15) is 5.10 Å². The van der Waals surface area contributed by atoms with Gasteiger partial charge in [-0.15, -0.1) is 11.3 Å². The summed E-state index contributed by atoms with van der Waals surface area (Å²) in [6.07, 6.45) is 0.738. The molecule has 2 aromatic rings. The molecule has 1 aromatic carbocycles. The molecule has 0 saturated heterocycles. The molecule has 1 atom stereocenters. The van der Waals surface area contributed by atoms with Gasteiger partial charge in [0.05, 0.1) is 16.6 Å². The van der Waals surface area contributed by atoms with E-state index in [0.29, 0.717) is 5.02 Å². The lowest BCUT2D eigenvalue weighted by Crippen LogP contribution is -2.24. The molecule has 1 amide bonds. The molecule has 5 heteroatoms. The Morgan fingerprint density at radius 2 is 2.10 bits per heavy atom.